The molecule has 0 spiro atoms. The molecule has 2 N–H and O–H groups in total. The van der Waals surface area contributed by atoms with Gasteiger partial charge in [-0.05, 0) is 55.0 Å². The highest BCUT2D eigenvalue weighted by atomic mass is 16.5. The van der Waals surface area contributed by atoms with Gasteiger partial charge in [0.2, 0.25) is 11.8 Å². The highest BCUT2D eigenvalue weighted by Gasteiger charge is 2.32. The van der Waals surface area contributed by atoms with Gasteiger partial charge in [0.05, 0.1) is 23.4 Å². The molecule has 0 radical (unpaired) electrons. The predicted octanol–water partition coefficient (Wildman–Crippen LogP) is 4.47. The van der Waals surface area contributed by atoms with E-state index in [1.165, 1.54) is 6.20 Å². The normalized spacial score (nSPS) is 16.4. The summed E-state index contributed by atoms with van der Waals surface area (Å²) in [6.45, 7) is 6.94. The molecule has 5 rings (SSSR count). The van der Waals surface area contributed by atoms with Crippen molar-refractivity contribution in [2.45, 2.75) is 78.4 Å². The van der Waals surface area contributed by atoms with Gasteiger partial charge in [-0.3, -0.25) is 14.4 Å². The number of fused-ring (bicyclic) bond motifs is 1. The number of carbonyl (C=O) groups excluding carboxylic acids is 3. The molecule has 0 unspecified atom stereocenters. The minimum absolute atomic E-state index is 0.0182. The molecule has 0 bridgehead atoms. The van der Waals surface area contributed by atoms with E-state index < -0.39 is 6.04 Å². The molecule has 216 valence electrons. The second kappa shape index (κ2) is 12.2. The van der Waals surface area contributed by atoms with Crippen LogP contribution in [0.2, 0.25) is 0 Å². The van der Waals surface area contributed by atoms with Crippen LogP contribution < -0.4 is 15.4 Å². The molecule has 3 aromatic rings. The van der Waals surface area contributed by atoms with Crippen molar-refractivity contribution < 1.29 is 19.1 Å². The largest absolute Gasteiger partial charge is 0.618 e. The molecule has 1 atom stereocenters. The van der Waals surface area contributed by atoms with Crippen molar-refractivity contribution in [2.24, 2.45) is 5.92 Å². The molecule has 1 fully saturated rings. The summed E-state index contributed by atoms with van der Waals surface area (Å²) in [7, 11) is 0. The van der Waals surface area contributed by atoms with E-state index in [0.29, 0.717) is 36.6 Å². The van der Waals surface area contributed by atoms with Crippen LogP contribution in [0.4, 0.5) is 5.69 Å². The van der Waals surface area contributed by atoms with Gasteiger partial charge in [0.1, 0.15) is 6.04 Å². The first kappa shape index (κ1) is 28.4. The quantitative estimate of drug-likeness (QED) is 0.265. The Bertz CT molecular complexity index is 1440. The molecule has 2 aromatic heterocycles. The lowest BCUT2D eigenvalue weighted by molar-refractivity contribution is -0.611. The molecule has 3 amide bonds. The number of amides is 3. The van der Waals surface area contributed by atoms with Crippen molar-refractivity contribution in [1.29, 1.82) is 0 Å². The topological polar surface area (TPSA) is 110 Å². The van der Waals surface area contributed by atoms with Gasteiger partial charge in [0.15, 0.2) is 11.9 Å². The number of carbonyl (C=O) groups is 3. The lowest BCUT2D eigenvalue weighted by atomic mass is 9.90. The first-order chi connectivity index (χ1) is 19.7. The maximum absolute atomic E-state index is 13.7. The van der Waals surface area contributed by atoms with Gasteiger partial charge in [-0.25, -0.2) is 0 Å². The van der Waals surface area contributed by atoms with Gasteiger partial charge in [-0.15, -0.1) is 0 Å². The fourth-order valence-electron chi connectivity index (χ4n) is 6.26. The Morgan fingerprint density at radius 1 is 0.976 bits per heavy atom. The van der Waals surface area contributed by atoms with Crippen molar-refractivity contribution in [2.75, 3.05) is 11.9 Å². The van der Waals surface area contributed by atoms with Crippen LogP contribution in [-0.4, -0.2) is 39.8 Å². The fraction of sp³-hybridized carbons (Fsp3) is 0.438. The third-order valence-corrected chi connectivity index (χ3v) is 8.65. The summed E-state index contributed by atoms with van der Waals surface area (Å²) >= 11 is 0. The van der Waals surface area contributed by atoms with Gasteiger partial charge < -0.3 is 25.3 Å². The van der Waals surface area contributed by atoms with E-state index in [4.69, 9.17) is 0 Å². The van der Waals surface area contributed by atoms with E-state index in [9.17, 15) is 19.6 Å². The van der Waals surface area contributed by atoms with Crippen LogP contribution in [0.3, 0.4) is 0 Å². The number of pyridine rings is 1. The Kier molecular flexibility index (Phi) is 8.42. The van der Waals surface area contributed by atoms with Gasteiger partial charge in [-0.2, -0.15) is 4.73 Å². The lowest BCUT2D eigenvalue weighted by Gasteiger charge is -2.29. The maximum Gasteiger partial charge on any atom is 0.253 e. The first-order valence-electron chi connectivity index (χ1n) is 14.6. The van der Waals surface area contributed by atoms with E-state index >= 15 is 0 Å². The van der Waals surface area contributed by atoms with Crippen molar-refractivity contribution in [3.05, 3.63) is 76.5 Å². The van der Waals surface area contributed by atoms with Crippen LogP contribution in [-0.2, 0) is 22.7 Å². The third-order valence-electron chi connectivity index (χ3n) is 8.65. The number of anilines is 1. The lowest BCUT2D eigenvalue weighted by Crippen LogP contribution is -2.49. The molecule has 9 nitrogen and oxygen atoms in total. The molecule has 1 aromatic carbocycles. The van der Waals surface area contributed by atoms with Crippen LogP contribution in [0.15, 0.2) is 48.8 Å². The summed E-state index contributed by atoms with van der Waals surface area (Å²) in [4.78, 5) is 41.1. The molecule has 41 heavy (non-hydrogen) atoms. The summed E-state index contributed by atoms with van der Waals surface area (Å²) in [6.07, 6.45) is 9.48. The molecule has 9 heteroatoms. The average Bonchev–Trinajstić information content (AvgIpc) is 3.20. The highest BCUT2D eigenvalue weighted by molar-refractivity contribution is 6.02. The van der Waals surface area contributed by atoms with Gasteiger partial charge in [-0.1, -0.05) is 37.8 Å². The van der Waals surface area contributed by atoms with Crippen LogP contribution in [0.25, 0.3) is 11.1 Å². The number of nitrogens with zero attached hydrogens (tertiary/aromatic N) is 3. The zero-order valence-electron chi connectivity index (χ0n) is 24.1. The van der Waals surface area contributed by atoms with E-state index in [1.54, 1.807) is 30.9 Å². The van der Waals surface area contributed by atoms with E-state index in [1.807, 2.05) is 42.0 Å². The van der Waals surface area contributed by atoms with Crippen molar-refractivity contribution in [1.82, 2.24) is 14.8 Å². The Hall–Kier alpha value is -4.14. The fourth-order valence-corrected chi connectivity index (χ4v) is 6.26. The highest BCUT2D eigenvalue weighted by Crippen LogP contribution is 2.29. The summed E-state index contributed by atoms with van der Waals surface area (Å²) in [5, 5.41) is 18.3. The van der Waals surface area contributed by atoms with E-state index in [2.05, 4.69) is 10.6 Å². The van der Waals surface area contributed by atoms with E-state index in [-0.39, 0.29) is 23.6 Å². The SMILES string of the molecule is CC(=O)N1CCn2ccc(C(=O)N[C@H](C(=O)Nc3ccc(-c4c(C)cc[n+]([O-])c4C)cc3)C3CCCCCC3)c2C1. The smallest absolute Gasteiger partial charge is 0.253 e. The molecule has 3 heterocycles. The Morgan fingerprint density at radius 3 is 2.37 bits per heavy atom. The zero-order chi connectivity index (χ0) is 29.1. The monoisotopic (exact) mass is 557 g/mol. The second-order valence-corrected chi connectivity index (χ2v) is 11.4. The Labute approximate surface area is 241 Å². The van der Waals surface area contributed by atoms with Crippen LogP contribution >= 0.6 is 0 Å². The van der Waals surface area contributed by atoms with Crippen molar-refractivity contribution >= 4 is 23.4 Å². The second-order valence-electron chi connectivity index (χ2n) is 11.4. The molecule has 2 aliphatic rings. The molecular formula is C32H39N5O4. The maximum atomic E-state index is 13.7. The average molecular weight is 558 g/mol. The summed E-state index contributed by atoms with van der Waals surface area (Å²) in [6, 6.07) is 10.4. The number of nitrogens with one attached hydrogen (secondary N) is 2. The Balaban J connectivity index is 1.35. The number of aromatic nitrogens is 2. The predicted molar refractivity (Wildman–Crippen MR) is 157 cm³/mol. The number of benzene rings is 1. The van der Waals surface area contributed by atoms with Crippen LogP contribution in [0, 0.1) is 25.0 Å². The van der Waals surface area contributed by atoms with Crippen LogP contribution in [0.1, 0.15) is 72.8 Å². The summed E-state index contributed by atoms with van der Waals surface area (Å²) < 4.78 is 2.87. The number of hydrogen-bond donors (Lipinski definition) is 2. The minimum Gasteiger partial charge on any atom is -0.618 e. The number of aryl methyl sites for hydroxylation is 1. The first-order valence-corrected chi connectivity index (χ1v) is 14.6. The van der Waals surface area contributed by atoms with Crippen molar-refractivity contribution in [3.63, 3.8) is 0 Å². The third kappa shape index (κ3) is 6.14. The summed E-state index contributed by atoms with van der Waals surface area (Å²) in [5.74, 6) is -0.504. The molecule has 1 aliphatic heterocycles. The van der Waals surface area contributed by atoms with Crippen molar-refractivity contribution in [3.8, 4) is 11.1 Å². The van der Waals surface area contributed by atoms with Gasteiger partial charge in [0, 0.05) is 44.9 Å². The zero-order valence-corrected chi connectivity index (χ0v) is 24.1. The number of rotatable bonds is 6. The Morgan fingerprint density at radius 2 is 1.68 bits per heavy atom. The standard InChI is InChI=1S/C32H39N5O4/c1-21-14-17-37(41)22(2)29(21)24-10-12-26(13-11-24)33-32(40)30(25-8-6-4-5-7-9-25)34-31(39)27-15-16-35-18-19-36(23(3)38)20-28(27)35/h10-17,25,30H,4-9,18-20H2,1-3H3,(H,33,40)(H,34,39)/t30-/m0/s1. The molecule has 0 saturated heterocycles. The summed E-state index contributed by atoms with van der Waals surface area (Å²) in [5.41, 5.74) is 5.34. The number of hydrogen-bond acceptors (Lipinski definition) is 4. The molecule has 1 saturated carbocycles. The molecule has 1 aliphatic carbocycles. The van der Waals surface area contributed by atoms with Crippen LogP contribution in [0.5, 0.6) is 0 Å². The van der Waals surface area contributed by atoms with E-state index in [0.717, 1.165) is 65.6 Å². The molecular weight excluding hydrogens is 518 g/mol. The van der Waals surface area contributed by atoms with Gasteiger partial charge >= 0.3 is 0 Å². The van der Waals surface area contributed by atoms with Gasteiger partial charge in [0.25, 0.3) is 5.91 Å². The minimum atomic E-state index is -0.679.